The van der Waals surface area contributed by atoms with Crippen molar-refractivity contribution in [2.45, 2.75) is 115 Å². The molecule has 1 heterocycles. The van der Waals surface area contributed by atoms with Gasteiger partial charge in [0.05, 0.1) is 33.0 Å². The molecule has 1 aliphatic heterocycles. The average molecular weight is 774 g/mol. The first-order chi connectivity index (χ1) is 24.1. The van der Waals surface area contributed by atoms with Crippen molar-refractivity contribution in [3.63, 3.8) is 0 Å². The van der Waals surface area contributed by atoms with E-state index in [9.17, 15) is 9.90 Å². The van der Waals surface area contributed by atoms with Crippen LogP contribution >= 0.6 is 0 Å². The molecule has 0 bridgehead atoms. The molecule has 2 N–H and O–H groups in total. The molecule has 2 aliphatic rings. The Bertz CT molecular complexity index is 1470. The SMILES string of the molecule is C=CCOC(=O)N[C@@H]1[C@@H]([C@@H](O)C#C[Si](C)(C)C)[C@@H](CCOCOc2ccc(OC)cc2)[C@@](C#C[Si](C)(C)C)(O[Si](C)(C)C(C)(C)C)CC12OCCO2. The highest BCUT2D eigenvalue weighted by atomic mass is 28.4. The molecule has 13 heteroatoms. The second kappa shape index (κ2) is 17.7. The molecule has 1 aliphatic carbocycles. The second-order valence-electron chi connectivity index (χ2n) is 17.2. The van der Waals surface area contributed by atoms with E-state index in [2.05, 4.69) is 108 Å². The van der Waals surface area contributed by atoms with Gasteiger partial charge in [-0.2, -0.15) is 0 Å². The fourth-order valence-electron chi connectivity index (χ4n) is 6.15. The lowest BCUT2D eigenvalue weighted by Gasteiger charge is -2.58. The lowest BCUT2D eigenvalue weighted by Crippen LogP contribution is -2.72. The Morgan fingerprint density at radius 3 is 2.17 bits per heavy atom. The number of aliphatic hydroxyl groups is 1. The molecule has 3 rings (SSSR count). The molecule has 1 spiro atoms. The molecule has 52 heavy (non-hydrogen) atoms. The first-order valence-corrected chi connectivity index (χ1v) is 28.1. The molecule has 2 fully saturated rings. The number of hydrogen-bond acceptors (Lipinski definition) is 9. The van der Waals surface area contributed by atoms with Gasteiger partial charge in [0.15, 0.2) is 20.9 Å². The largest absolute Gasteiger partial charge is 0.497 e. The van der Waals surface area contributed by atoms with E-state index >= 15 is 0 Å². The highest BCUT2D eigenvalue weighted by molar-refractivity contribution is 6.84. The summed E-state index contributed by atoms with van der Waals surface area (Å²) in [6.07, 6.45) is 0.245. The number of nitrogens with one attached hydrogen (secondary N) is 1. The van der Waals surface area contributed by atoms with E-state index in [1.165, 1.54) is 6.08 Å². The molecular weight excluding hydrogens is 711 g/mol. The Kier molecular flexibility index (Phi) is 14.9. The molecule has 1 saturated carbocycles. The van der Waals surface area contributed by atoms with Crippen LogP contribution in [0, 0.1) is 34.8 Å². The fraction of sp³-hybridized carbons (Fsp3) is 0.667. The number of alkyl carbamates (subject to hydrolysis) is 1. The van der Waals surface area contributed by atoms with E-state index in [0.717, 1.165) is 5.75 Å². The van der Waals surface area contributed by atoms with Gasteiger partial charge in [-0.05, 0) is 48.8 Å². The maximum Gasteiger partial charge on any atom is 0.407 e. The van der Waals surface area contributed by atoms with Gasteiger partial charge in [-0.25, -0.2) is 4.79 Å². The topological polar surface area (TPSA) is 114 Å². The van der Waals surface area contributed by atoms with E-state index in [4.69, 9.17) is 32.8 Å². The Hall–Kier alpha value is -2.60. The predicted molar refractivity (Wildman–Crippen MR) is 213 cm³/mol. The lowest BCUT2D eigenvalue weighted by molar-refractivity contribution is -0.256. The fourth-order valence-corrected chi connectivity index (χ4v) is 8.81. The van der Waals surface area contributed by atoms with Gasteiger partial charge in [0.2, 0.25) is 0 Å². The van der Waals surface area contributed by atoms with Crippen LogP contribution in [0.2, 0.25) is 57.4 Å². The van der Waals surface area contributed by atoms with Gasteiger partial charge in [-0.1, -0.05) is 84.5 Å². The van der Waals surface area contributed by atoms with Crippen molar-refractivity contribution in [1.82, 2.24) is 5.32 Å². The molecule has 0 unspecified atom stereocenters. The third kappa shape index (κ3) is 12.0. The Morgan fingerprint density at radius 1 is 1.04 bits per heavy atom. The summed E-state index contributed by atoms with van der Waals surface area (Å²) in [5, 5.41) is 15.2. The van der Waals surface area contributed by atoms with Crippen LogP contribution in [0.5, 0.6) is 11.5 Å². The van der Waals surface area contributed by atoms with E-state index in [0.29, 0.717) is 25.4 Å². The van der Waals surface area contributed by atoms with Crippen molar-refractivity contribution in [2.24, 2.45) is 11.8 Å². The van der Waals surface area contributed by atoms with Crippen LogP contribution in [-0.4, -0.2) is 99.5 Å². The Labute approximate surface area is 315 Å². The van der Waals surface area contributed by atoms with Crippen molar-refractivity contribution < 1.29 is 42.7 Å². The maximum absolute atomic E-state index is 13.4. The molecule has 1 aromatic carbocycles. The van der Waals surface area contributed by atoms with Crippen LogP contribution in [0.1, 0.15) is 33.6 Å². The Morgan fingerprint density at radius 2 is 1.63 bits per heavy atom. The number of carbonyl (C=O) groups is 1. The number of rotatable bonds is 13. The Balaban J connectivity index is 2.22. The van der Waals surface area contributed by atoms with E-state index in [-0.39, 0.29) is 31.5 Å². The van der Waals surface area contributed by atoms with E-state index < -0.39 is 65.9 Å². The predicted octanol–water partition coefficient (Wildman–Crippen LogP) is 6.98. The minimum atomic E-state index is -2.57. The standard InChI is InChI=1S/C39H63NO9Si3/c1-14-22-45-36(42)40-35-34(33(41)20-26-50(6,7)8)32(19-23-44-29-46-31-17-15-30(43-5)16-18-31)38(21-27-51(9,10)11,28-39(35)47-24-25-48-39)49-52(12,13)37(2,3)4/h14-18,32-35,41H,1,19,22-25,28-29H2,2-13H3,(H,40,42)/t32-,33+,34-,35-,38+/m1/s1. The number of hydrogen-bond donors (Lipinski definition) is 2. The van der Waals surface area contributed by atoms with Crippen LogP contribution in [0.4, 0.5) is 4.79 Å². The smallest absolute Gasteiger partial charge is 0.407 e. The van der Waals surface area contributed by atoms with Gasteiger partial charge >= 0.3 is 6.09 Å². The number of benzene rings is 1. The normalized spacial score (nSPS) is 23.8. The van der Waals surface area contributed by atoms with Gasteiger partial charge in [0.25, 0.3) is 0 Å². The van der Waals surface area contributed by atoms with Crippen molar-refractivity contribution >= 4 is 30.6 Å². The third-order valence-corrected chi connectivity index (χ3v) is 15.9. The molecule has 0 aromatic heterocycles. The first-order valence-electron chi connectivity index (χ1n) is 18.2. The average Bonchev–Trinajstić information content (AvgIpc) is 3.51. The molecule has 0 radical (unpaired) electrons. The quantitative estimate of drug-likeness (QED) is 0.0721. The summed E-state index contributed by atoms with van der Waals surface area (Å²) < 4.78 is 43.3. The third-order valence-electron chi connectivity index (χ3n) is 9.61. The zero-order chi connectivity index (χ0) is 39.0. The lowest BCUT2D eigenvalue weighted by atomic mass is 9.61. The summed E-state index contributed by atoms with van der Waals surface area (Å²) in [6.45, 7) is 28.5. The summed E-state index contributed by atoms with van der Waals surface area (Å²) in [6, 6.07) is 6.43. The van der Waals surface area contributed by atoms with Crippen LogP contribution < -0.4 is 14.8 Å². The number of carbonyl (C=O) groups excluding carboxylic acids is 1. The van der Waals surface area contributed by atoms with Crippen molar-refractivity contribution in [3.05, 3.63) is 36.9 Å². The summed E-state index contributed by atoms with van der Waals surface area (Å²) in [7, 11) is -4.86. The highest BCUT2D eigenvalue weighted by Gasteiger charge is 2.66. The van der Waals surface area contributed by atoms with E-state index in [1.54, 1.807) is 7.11 Å². The van der Waals surface area contributed by atoms with Crippen molar-refractivity contribution in [2.75, 3.05) is 40.3 Å². The van der Waals surface area contributed by atoms with Crippen molar-refractivity contribution in [3.8, 4) is 34.4 Å². The van der Waals surface area contributed by atoms with Gasteiger partial charge in [0, 0.05) is 18.3 Å². The van der Waals surface area contributed by atoms with Crippen LogP contribution in [0.15, 0.2) is 36.9 Å². The minimum absolute atomic E-state index is 0.00406. The monoisotopic (exact) mass is 773 g/mol. The van der Waals surface area contributed by atoms with Gasteiger partial charge in [0.1, 0.15) is 46.0 Å². The van der Waals surface area contributed by atoms with Crippen LogP contribution in [0.25, 0.3) is 0 Å². The molecule has 1 saturated heterocycles. The maximum atomic E-state index is 13.4. The number of ether oxygens (including phenoxy) is 6. The molecule has 5 atom stereocenters. The highest BCUT2D eigenvalue weighted by Crippen LogP contribution is 2.54. The molecule has 290 valence electrons. The molecule has 1 aromatic rings. The molecule has 10 nitrogen and oxygen atoms in total. The second-order valence-corrected chi connectivity index (χ2v) is 31.5. The van der Waals surface area contributed by atoms with Gasteiger partial charge < -0.3 is 43.3 Å². The molecular formula is C39H63NO9Si3. The van der Waals surface area contributed by atoms with Crippen LogP contribution in [0.3, 0.4) is 0 Å². The van der Waals surface area contributed by atoms with Crippen LogP contribution in [-0.2, 0) is 23.4 Å². The molecule has 1 amide bonds. The summed E-state index contributed by atoms with van der Waals surface area (Å²) in [4.78, 5) is 13.4. The number of amides is 1. The van der Waals surface area contributed by atoms with Gasteiger partial charge in [-0.3, -0.25) is 0 Å². The summed E-state index contributed by atoms with van der Waals surface area (Å²) >= 11 is 0. The number of aliphatic hydroxyl groups excluding tert-OH is 1. The summed E-state index contributed by atoms with van der Waals surface area (Å²) in [5.74, 6) is 5.67. The number of methoxy groups -OCH3 is 1. The van der Waals surface area contributed by atoms with Gasteiger partial charge in [-0.15, -0.1) is 11.1 Å². The van der Waals surface area contributed by atoms with Crippen molar-refractivity contribution in [1.29, 1.82) is 0 Å². The summed E-state index contributed by atoms with van der Waals surface area (Å²) in [5.41, 5.74) is 5.85. The van der Waals surface area contributed by atoms with E-state index in [1.807, 2.05) is 24.3 Å². The minimum Gasteiger partial charge on any atom is -0.497 e. The zero-order valence-electron chi connectivity index (χ0n) is 33.6. The first kappa shape index (κ1) is 43.8. The zero-order valence-corrected chi connectivity index (χ0v) is 36.6.